The highest BCUT2D eigenvalue weighted by atomic mass is 16.5. The van der Waals surface area contributed by atoms with E-state index < -0.39 is 5.63 Å². The molecule has 2 aromatic carbocycles. The summed E-state index contributed by atoms with van der Waals surface area (Å²) in [4.78, 5) is 17.6. The molecule has 6 nitrogen and oxygen atoms in total. The molecule has 5 rings (SSSR count). The zero-order valence-corrected chi connectivity index (χ0v) is 14.6. The van der Waals surface area contributed by atoms with E-state index in [0.717, 1.165) is 10.9 Å². The predicted octanol–water partition coefficient (Wildman–Crippen LogP) is 4.47. The van der Waals surface area contributed by atoms with Crippen LogP contribution in [0.15, 0.2) is 62.3 Å². The predicted molar refractivity (Wildman–Crippen MR) is 102 cm³/mol. The maximum absolute atomic E-state index is 13.0. The molecule has 132 valence electrons. The normalized spacial score (nSPS) is 11.5. The largest absolute Gasteiger partial charge is 0.493 e. The van der Waals surface area contributed by atoms with Crippen molar-refractivity contribution < 1.29 is 13.7 Å². The molecule has 3 aromatic heterocycles. The first-order valence-electron chi connectivity index (χ1n) is 8.44. The first-order valence-corrected chi connectivity index (χ1v) is 8.44. The van der Waals surface area contributed by atoms with Crippen molar-refractivity contribution in [1.29, 1.82) is 0 Å². The summed E-state index contributed by atoms with van der Waals surface area (Å²) >= 11 is 0. The number of hydrogen-bond acceptors (Lipinski definition) is 6. The van der Waals surface area contributed by atoms with Gasteiger partial charge in [-0.1, -0.05) is 47.6 Å². The molecule has 0 radical (unpaired) electrons. The molecule has 0 unspecified atom stereocenters. The fourth-order valence-corrected chi connectivity index (χ4v) is 3.52. The molecule has 0 bridgehead atoms. The third-order valence-corrected chi connectivity index (χ3v) is 4.71. The first kappa shape index (κ1) is 15.6. The van der Waals surface area contributed by atoms with E-state index in [9.17, 15) is 4.79 Å². The van der Waals surface area contributed by atoms with Crippen molar-refractivity contribution in [2.45, 2.75) is 6.92 Å². The molecule has 0 spiro atoms. The smallest absolute Gasteiger partial charge is 0.346 e. The Morgan fingerprint density at radius 3 is 2.56 bits per heavy atom. The molecule has 5 aromatic rings. The fourth-order valence-electron chi connectivity index (χ4n) is 3.52. The molecular formula is C21H14N2O4. The highest BCUT2D eigenvalue weighted by Crippen LogP contribution is 2.38. The minimum absolute atomic E-state index is 0.383. The van der Waals surface area contributed by atoms with Crippen LogP contribution >= 0.6 is 0 Å². The van der Waals surface area contributed by atoms with E-state index in [1.807, 2.05) is 49.4 Å². The fraction of sp³-hybridized carbons (Fsp3) is 0.0952. The Morgan fingerprint density at radius 2 is 1.78 bits per heavy atom. The second-order valence-electron chi connectivity index (χ2n) is 6.25. The zero-order valence-electron chi connectivity index (χ0n) is 14.6. The molecule has 0 aliphatic carbocycles. The molecule has 3 heterocycles. The van der Waals surface area contributed by atoms with E-state index in [2.05, 4.69) is 10.1 Å². The summed E-state index contributed by atoms with van der Waals surface area (Å²) < 4.78 is 16.5. The van der Waals surface area contributed by atoms with Gasteiger partial charge in [0.2, 0.25) is 0 Å². The lowest BCUT2D eigenvalue weighted by molar-refractivity contribution is 0.407. The highest BCUT2D eigenvalue weighted by Gasteiger charge is 2.22. The Bertz CT molecular complexity index is 1380. The Balaban J connectivity index is 2.11. The van der Waals surface area contributed by atoms with Gasteiger partial charge in [-0.3, -0.25) is 0 Å². The van der Waals surface area contributed by atoms with E-state index in [4.69, 9.17) is 13.7 Å². The van der Waals surface area contributed by atoms with E-state index in [-0.39, 0.29) is 0 Å². The number of ether oxygens (including phenoxy) is 1. The number of nitrogens with zero attached hydrogens (tertiary/aromatic N) is 2. The molecule has 0 N–H and O–H groups in total. The molecule has 0 aliphatic heterocycles. The second kappa shape index (κ2) is 5.67. The van der Waals surface area contributed by atoms with Gasteiger partial charge in [-0.05, 0) is 13.0 Å². The number of pyridine rings is 1. The maximum atomic E-state index is 13.0. The van der Waals surface area contributed by atoms with Crippen molar-refractivity contribution in [2.24, 2.45) is 0 Å². The number of methoxy groups -OCH3 is 1. The average Bonchev–Trinajstić information content (AvgIpc) is 3.08. The van der Waals surface area contributed by atoms with Gasteiger partial charge in [0.25, 0.3) is 5.71 Å². The number of aryl methyl sites for hydroxylation is 1. The molecule has 0 saturated carbocycles. The molecule has 0 atom stereocenters. The number of benzene rings is 2. The summed E-state index contributed by atoms with van der Waals surface area (Å²) in [7, 11) is 1.54. The molecule has 0 fully saturated rings. The van der Waals surface area contributed by atoms with E-state index in [1.165, 1.54) is 0 Å². The van der Waals surface area contributed by atoms with Gasteiger partial charge in [-0.2, -0.15) is 0 Å². The zero-order chi connectivity index (χ0) is 18.5. The molecule has 0 aliphatic rings. The topological polar surface area (TPSA) is 78.4 Å². The van der Waals surface area contributed by atoms with Gasteiger partial charge < -0.3 is 13.7 Å². The van der Waals surface area contributed by atoms with Crippen LogP contribution < -0.4 is 10.4 Å². The van der Waals surface area contributed by atoms with Crippen molar-refractivity contribution in [3.63, 3.8) is 0 Å². The van der Waals surface area contributed by atoms with Crippen LogP contribution in [0.2, 0.25) is 0 Å². The lowest BCUT2D eigenvalue weighted by atomic mass is 9.99. The van der Waals surface area contributed by atoms with Crippen LogP contribution in [0.4, 0.5) is 0 Å². The van der Waals surface area contributed by atoms with Gasteiger partial charge in [0.05, 0.1) is 29.3 Å². The van der Waals surface area contributed by atoms with Crippen LogP contribution in [0.25, 0.3) is 44.1 Å². The lowest BCUT2D eigenvalue weighted by Crippen LogP contribution is -2.04. The third kappa shape index (κ3) is 2.16. The maximum Gasteiger partial charge on any atom is 0.346 e. The summed E-state index contributed by atoms with van der Waals surface area (Å²) in [5.41, 5.74) is 2.27. The van der Waals surface area contributed by atoms with Gasteiger partial charge >= 0.3 is 5.63 Å². The lowest BCUT2D eigenvalue weighted by Gasteiger charge is -2.10. The molecular weight excluding hydrogens is 344 g/mol. The van der Waals surface area contributed by atoms with Crippen LogP contribution in [0.1, 0.15) is 5.69 Å². The van der Waals surface area contributed by atoms with Gasteiger partial charge in [-0.15, -0.1) is 0 Å². The highest BCUT2D eigenvalue weighted by molar-refractivity contribution is 6.21. The second-order valence-corrected chi connectivity index (χ2v) is 6.25. The van der Waals surface area contributed by atoms with Crippen LogP contribution in [0.3, 0.4) is 0 Å². The van der Waals surface area contributed by atoms with Crippen molar-refractivity contribution in [3.05, 3.63) is 64.6 Å². The average molecular weight is 358 g/mol. The summed E-state index contributed by atoms with van der Waals surface area (Å²) in [5.74, 6) is 0.492. The Morgan fingerprint density at radius 1 is 0.963 bits per heavy atom. The monoisotopic (exact) mass is 358 g/mol. The Labute approximate surface area is 153 Å². The number of para-hydroxylation sites is 1. The third-order valence-electron chi connectivity index (χ3n) is 4.71. The van der Waals surface area contributed by atoms with E-state index >= 15 is 0 Å². The minimum atomic E-state index is -0.476. The van der Waals surface area contributed by atoms with Gasteiger partial charge in [0.15, 0.2) is 11.3 Å². The van der Waals surface area contributed by atoms with Crippen LogP contribution in [-0.4, -0.2) is 17.3 Å². The SMILES string of the molecule is COc1cccc2c1oc(=O)c1c(-c3ccccc3)nc3onc(C)c3c12. The number of rotatable bonds is 2. The van der Waals surface area contributed by atoms with Gasteiger partial charge in [0.1, 0.15) is 0 Å². The van der Waals surface area contributed by atoms with Gasteiger partial charge in [-0.25, -0.2) is 9.78 Å². The van der Waals surface area contributed by atoms with Crippen LogP contribution in [0.5, 0.6) is 5.75 Å². The number of fused-ring (bicyclic) bond motifs is 5. The van der Waals surface area contributed by atoms with Crippen LogP contribution in [-0.2, 0) is 0 Å². The molecule has 6 heteroatoms. The first-order chi connectivity index (χ1) is 13.2. The number of aromatic nitrogens is 2. The Hall–Kier alpha value is -3.67. The summed E-state index contributed by atoms with van der Waals surface area (Å²) in [5, 5.41) is 6.63. The van der Waals surface area contributed by atoms with Gasteiger partial charge in [0, 0.05) is 16.3 Å². The molecule has 0 saturated heterocycles. The van der Waals surface area contributed by atoms with Crippen molar-refractivity contribution >= 4 is 32.8 Å². The Kier molecular flexibility index (Phi) is 3.27. The minimum Gasteiger partial charge on any atom is -0.493 e. The molecule has 0 amide bonds. The quantitative estimate of drug-likeness (QED) is 0.342. The van der Waals surface area contributed by atoms with Crippen LogP contribution in [0, 0.1) is 6.92 Å². The number of hydrogen-bond donors (Lipinski definition) is 0. The van der Waals surface area contributed by atoms with E-state index in [1.54, 1.807) is 13.2 Å². The molecule has 27 heavy (non-hydrogen) atoms. The van der Waals surface area contributed by atoms with Crippen molar-refractivity contribution in [2.75, 3.05) is 7.11 Å². The summed E-state index contributed by atoms with van der Waals surface area (Å²) in [6.45, 7) is 1.83. The van der Waals surface area contributed by atoms with Crippen molar-refractivity contribution in [1.82, 2.24) is 10.1 Å². The van der Waals surface area contributed by atoms with Crippen molar-refractivity contribution in [3.8, 4) is 17.0 Å². The van der Waals surface area contributed by atoms with E-state index in [0.29, 0.717) is 44.6 Å². The standard InChI is InChI=1S/C21H14N2O4/c1-11-15-16-13-9-6-10-14(25-2)19(13)26-21(24)17(16)18(22-20(15)27-23-11)12-7-4-3-5-8-12/h3-10H,1-2H3. The summed E-state index contributed by atoms with van der Waals surface area (Å²) in [6, 6.07) is 15.0. The summed E-state index contributed by atoms with van der Waals surface area (Å²) in [6.07, 6.45) is 0.